The van der Waals surface area contributed by atoms with Crippen LogP contribution in [0.1, 0.15) is 24.8 Å². The summed E-state index contributed by atoms with van der Waals surface area (Å²) in [4.78, 5) is 11.9. The van der Waals surface area contributed by atoms with Crippen molar-refractivity contribution in [2.24, 2.45) is 0 Å². The van der Waals surface area contributed by atoms with Crippen molar-refractivity contribution >= 4 is 11.6 Å². The minimum absolute atomic E-state index is 0.0719. The molecule has 1 aliphatic heterocycles. The van der Waals surface area contributed by atoms with Crippen LogP contribution in [-0.4, -0.2) is 25.6 Å². The number of hydrogen-bond donors (Lipinski definition) is 2. The fourth-order valence-corrected chi connectivity index (χ4v) is 2.26. The molecule has 0 bridgehead atoms. The largest absolute Gasteiger partial charge is 0.497 e. The van der Waals surface area contributed by atoms with Gasteiger partial charge in [-0.15, -0.1) is 0 Å². The van der Waals surface area contributed by atoms with E-state index >= 15 is 0 Å². The van der Waals surface area contributed by atoms with E-state index in [1.54, 1.807) is 7.11 Å². The number of anilines is 1. The van der Waals surface area contributed by atoms with E-state index in [2.05, 4.69) is 10.6 Å². The molecule has 1 aliphatic rings. The number of nitrogens with one attached hydrogen (secondary N) is 2. The molecular weight excluding hydrogens is 228 g/mol. The highest BCUT2D eigenvalue weighted by atomic mass is 16.5. The number of carbonyl (C=O) groups excluding carboxylic acids is 1. The van der Waals surface area contributed by atoms with Crippen molar-refractivity contribution < 1.29 is 9.53 Å². The number of ether oxygens (including phenoxy) is 1. The van der Waals surface area contributed by atoms with Crippen molar-refractivity contribution in [3.63, 3.8) is 0 Å². The van der Waals surface area contributed by atoms with Crippen molar-refractivity contribution in [2.45, 2.75) is 32.2 Å². The lowest BCUT2D eigenvalue weighted by Gasteiger charge is -2.12. The van der Waals surface area contributed by atoms with Gasteiger partial charge in [-0.05, 0) is 50.1 Å². The Kier molecular flexibility index (Phi) is 4.20. The second kappa shape index (κ2) is 5.87. The van der Waals surface area contributed by atoms with E-state index in [-0.39, 0.29) is 5.91 Å². The molecule has 1 heterocycles. The van der Waals surface area contributed by atoms with Crippen LogP contribution in [0.5, 0.6) is 5.75 Å². The summed E-state index contributed by atoms with van der Waals surface area (Å²) in [7, 11) is 1.64. The van der Waals surface area contributed by atoms with Crippen LogP contribution in [0.4, 0.5) is 5.69 Å². The van der Waals surface area contributed by atoms with E-state index in [4.69, 9.17) is 4.74 Å². The molecule has 0 aromatic heterocycles. The normalized spacial score (nSPS) is 18.7. The molecule has 1 aromatic carbocycles. The Morgan fingerprint density at radius 1 is 1.56 bits per heavy atom. The monoisotopic (exact) mass is 248 g/mol. The molecule has 98 valence electrons. The third kappa shape index (κ3) is 3.23. The topological polar surface area (TPSA) is 50.4 Å². The average Bonchev–Trinajstić information content (AvgIpc) is 2.84. The van der Waals surface area contributed by atoms with Gasteiger partial charge in [0.2, 0.25) is 5.91 Å². The molecule has 1 unspecified atom stereocenters. The predicted octanol–water partition coefficient (Wildman–Crippen LogP) is 2.08. The third-order valence-electron chi connectivity index (χ3n) is 3.30. The first-order valence-electron chi connectivity index (χ1n) is 6.37. The summed E-state index contributed by atoms with van der Waals surface area (Å²) in [6, 6.07) is 6.00. The molecule has 4 heteroatoms. The van der Waals surface area contributed by atoms with Crippen LogP contribution in [-0.2, 0) is 4.79 Å². The molecule has 2 rings (SSSR count). The lowest BCUT2D eigenvalue weighted by molar-refractivity contribution is -0.116. The maximum Gasteiger partial charge on any atom is 0.225 e. The number of carbonyl (C=O) groups is 1. The smallest absolute Gasteiger partial charge is 0.225 e. The number of aryl methyl sites for hydroxylation is 1. The average molecular weight is 248 g/mol. The van der Waals surface area contributed by atoms with Gasteiger partial charge in [-0.1, -0.05) is 0 Å². The molecule has 1 atom stereocenters. The Hall–Kier alpha value is -1.55. The van der Waals surface area contributed by atoms with Gasteiger partial charge in [0.25, 0.3) is 0 Å². The molecular formula is C14H20N2O2. The number of amides is 1. The molecule has 0 spiro atoms. The number of rotatable bonds is 4. The zero-order valence-corrected chi connectivity index (χ0v) is 11.0. The number of benzene rings is 1. The van der Waals surface area contributed by atoms with Crippen molar-refractivity contribution in [3.05, 3.63) is 23.8 Å². The summed E-state index contributed by atoms with van der Waals surface area (Å²) >= 11 is 0. The quantitative estimate of drug-likeness (QED) is 0.857. The van der Waals surface area contributed by atoms with Gasteiger partial charge in [0.05, 0.1) is 7.11 Å². The highest BCUT2D eigenvalue weighted by molar-refractivity contribution is 5.92. The molecule has 2 N–H and O–H groups in total. The lowest BCUT2D eigenvalue weighted by atomic mass is 10.1. The van der Waals surface area contributed by atoms with Crippen LogP contribution in [0, 0.1) is 6.92 Å². The van der Waals surface area contributed by atoms with E-state index in [1.807, 2.05) is 25.1 Å². The van der Waals surface area contributed by atoms with E-state index in [1.165, 1.54) is 6.42 Å². The van der Waals surface area contributed by atoms with Crippen molar-refractivity contribution in [1.82, 2.24) is 5.32 Å². The van der Waals surface area contributed by atoms with Crippen LogP contribution in [0.15, 0.2) is 18.2 Å². The summed E-state index contributed by atoms with van der Waals surface area (Å²) in [5.41, 5.74) is 1.88. The first-order chi connectivity index (χ1) is 8.69. The molecule has 1 aromatic rings. The van der Waals surface area contributed by atoms with E-state index in [0.29, 0.717) is 12.5 Å². The van der Waals surface area contributed by atoms with Gasteiger partial charge >= 0.3 is 0 Å². The SMILES string of the molecule is COc1ccc(NC(=O)CC2CCCN2)c(C)c1. The van der Waals surface area contributed by atoms with Gasteiger partial charge in [-0.3, -0.25) is 4.79 Å². The molecule has 4 nitrogen and oxygen atoms in total. The maximum atomic E-state index is 11.9. The molecule has 1 saturated heterocycles. The fraction of sp³-hybridized carbons (Fsp3) is 0.500. The highest BCUT2D eigenvalue weighted by Gasteiger charge is 2.17. The molecule has 0 aliphatic carbocycles. The number of hydrogen-bond acceptors (Lipinski definition) is 3. The van der Waals surface area contributed by atoms with Gasteiger partial charge in [0.15, 0.2) is 0 Å². The van der Waals surface area contributed by atoms with Crippen LogP contribution >= 0.6 is 0 Å². The standard InChI is InChI=1S/C14H20N2O2/c1-10-8-12(18-2)5-6-13(10)16-14(17)9-11-4-3-7-15-11/h5-6,8,11,15H,3-4,7,9H2,1-2H3,(H,16,17). The summed E-state index contributed by atoms with van der Waals surface area (Å²) in [5.74, 6) is 0.880. The van der Waals surface area contributed by atoms with Crippen molar-refractivity contribution in [2.75, 3.05) is 19.0 Å². The van der Waals surface area contributed by atoms with Crippen LogP contribution < -0.4 is 15.4 Å². The van der Waals surface area contributed by atoms with Gasteiger partial charge in [0.1, 0.15) is 5.75 Å². The Morgan fingerprint density at radius 3 is 3.00 bits per heavy atom. The van der Waals surface area contributed by atoms with E-state index in [9.17, 15) is 4.79 Å². The molecule has 0 radical (unpaired) electrons. The minimum atomic E-state index is 0.0719. The van der Waals surface area contributed by atoms with Crippen LogP contribution in [0.25, 0.3) is 0 Å². The molecule has 18 heavy (non-hydrogen) atoms. The Balaban J connectivity index is 1.93. The minimum Gasteiger partial charge on any atom is -0.497 e. The van der Waals surface area contributed by atoms with Gasteiger partial charge in [-0.2, -0.15) is 0 Å². The van der Waals surface area contributed by atoms with Crippen molar-refractivity contribution in [1.29, 1.82) is 0 Å². The summed E-state index contributed by atoms with van der Waals surface area (Å²) in [5, 5.41) is 6.28. The Labute approximate surface area is 108 Å². The Bertz CT molecular complexity index is 426. The predicted molar refractivity (Wildman–Crippen MR) is 72.0 cm³/mol. The molecule has 0 saturated carbocycles. The first-order valence-corrected chi connectivity index (χ1v) is 6.37. The first kappa shape index (κ1) is 12.9. The second-order valence-corrected chi connectivity index (χ2v) is 4.73. The summed E-state index contributed by atoms with van der Waals surface area (Å²) in [6.07, 6.45) is 2.81. The van der Waals surface area contributed by atoms with Crippen molar-refractivity contribution in [3.8, 4) is 5.75 Å². The third-order valence-corrected chi connectivity index (χ3v) is 3.30. The zero-order valence-electron chi connectivity index (χ0n) is 11.0. The van der Waals surface area contributed by atoms with Crippen LogP contribution in [0.2, 0.25) is 0 Å². The molecule has 1 amide bonds. The Morgan fingerprint density at radius 2 is 2.39 bits per heavy atom. The fourth-order valence-electron chi connectivity index (χ4n) is 2.26. The maximum absolute atomic E-state index is 11.9. The second-order valence-electron chi connectivity index (χ2n) is 4.73. The van der Waals surface area contributed by atoms with Gasteiger partial charge in [-0.25, -0.2) is 0 Å². The lowest BCUT2D eigenvalue weighted by Crippen LogP contribution is -2.27. The van der Waals surface area contributed by atoms with E-state index < -0.39 is 0 Å². The zero-order chi connectivity index (χ0) is 13.0. The van der Waals surface area contributed by atoms with Gasteiger partial charge in [0, 0.05) is 18.2 Å². The van der Waals surface area contributed by atoms with E-state index in [0.717, 1.165) is 30.0 Å². The number of methoxy groups -OCH3 is 1. The molecule has 1 fully saturated rings. The summed E-state index contributed by atoms with van der Waals surface area (Å²) < 4.78 is 5.14. The van der Waals surface area contributed by atoms with Gasteiger partial charge < -0.3 is 15.4 Å². The highest BCUT2D eigenvalue weighted by Crippen LogP contribution is 2.21. The summed E-state index contributed by atoms with van der Waals surface area (Å²) in [6.45, 7) is 2.99. The van der Waals surface area contributed by atoms with Crippen LogP contribution in [0.3, 0.4) is 0 Å².